The van der Waals surface area contributed by atoms with Crippen LogP contribution < -0.4 is 30.4 Å². The number of benzene rings is 3. The normalized spacial score (nSPS) is 11.1. The molecule has 0 saturated heterocycles. The van der Waals surface area contributed by atoms with Crippen LogP contribution in [0.5, 0.6) is 17.2 Å². The van der Waals surface area contributed by atoms with E-state index in [-0.39, 0.29) is 46.5 Å². The number of hydrogen-bond acceptors (Lipinski definition) is 6. The van der Waals surface area contributed by atoms with Crippen LogP contribution >= 0.6 is 22.6 Å². The summed E-state index contributed by atoms with van der Waals surface area (Å²) >= 11 is 1.93. The lowest BCUT2D eigenvalue weighted by Crippen LogP contribution is -2.22. The molecule has 13 heteroatoms. The van der Waals surface area contributed by atoms with Crippen molar-refractivity contribution in [2.24, 2.45) is 10.9 Å². The van der Waals surface area contributed by atoms with Crippen LogP contribution in [0.25, 0.3) is 0 Å². The van der Waals surface area contributed by atoms with Crippen LogP contribution in [0.3, 0.4) is 0 Å². The van der Waals surface area contributed by atoms with E-state index in [9.17, 15) is 22.0 Å². The number of hydrogen-bond donors (Lipinski definition) is 4. The van der Waals surface area contributed by atoms with Gasteiger partial charge in [-0.3, -0.25) is 9.52 Å². The van der Waals surface area contributed by atoms with Gasteiger partial charge in [-0.1, -0.05) is 0 Å². The molecule has 9 nitrogen and oxygen atoms in total. The lowest BCUT2D eigenvalue weighted by molar-refractivity contribution is 0.0999. The molecule has 6 N–H and O–H groups in total. The quantitative estimate of drug-likeness (QED) is 0.269. The minimum absolute atomic E-state index is 0.00842. The fraction of sp³-hybridized carbons (Fsp3) is 0.0952. The molecule has 0 bridgehead atoms. The van der Waals surface area contributed by atoms with Crippen molar-refractivity contribution in [1.29, 1.82) is 0 Å². The molecule has 0 saturated carbocycles. The Hall–Kier alpha value is -3.17. The lowest BCUT2D eigenvalue weighted by atomic mass is 10.1. The zero-order valence-corrected chi connectivity index (χ0v) is 20.5. The number of carbonyl (C=O) groups is 1. The summed E-state index contributed by atoms with van der Waals surface area (Å²) in [6.07, 6.45) is 0. The molecule has 0 radical (unpaired) electrons. The summed E-state index contributed by atoms with van der Waals surface area (Å²) in [5.41, 5.74) is 5.07. The van der Waals surface area contributed by atoms with Crippen LogP contribution in [0.2, 0.25) is 0 Å². The lowest BCUT2D eigenvalue weighted by Gasteiger charge is -2.17. The molecule has 0 atom stereocenters. The Morgan fingerprint density at radius 3 is 2.38 bits per heavy atom. The average Bonchev–Trinajstić information content (AvgIpc) is 2.70. The summed E-state index contributed by atoms with van der Waals surface area (Å²) in [6.45, 7) is 1.93. The molecule has 3 aromatic rings. The van der Waals surface area contributed by atoms with Crippen LogP contribution in [0.1, 0.15) is 17.3 Å². The monoisotopic (exact) mass is 604 g/mol. The molecular formula is C21H19F2IN4O5S. The standard InChI is InChI=1S/C21H19F2IN4O5S/c1-2-32-18-6-4-13(10-16(18)28-34(26,30)31)33-19-8-11(22)7-17(20(19)21(25)29)27-15-5-3-12(24)9-14(15)23/h3-10,27-28H,2H2,1H3,(H2,25,29)(H2,26,30,31). The number of halogens is 3. The van der Waals surface area contributed by atoms with Crippen molar-refractivity contribution in [2.75, 3.05) is 16.6 Å². The Morgan fingerprint density at radius 2 is 1.76 bits per heavy atom. The van der Waals surface area contributed by atoms with Crippen LogP contribution in [0, 0.1) is 15.2 Å². The van der Waals surface area contributed by atoms with Gasteiger partial charge in [0, 0.05) is 15.7 Å². The molecule has 0 aliphatic rings. The van der Waals surface area contributed by atoms with Crippen LogP contribution in [-0.2, 0) is 10.2 Å². The third-order valence-electron chi connectivity index (χ3n) is 4.24. The van der Waals surface area contributed by atoms with Gasteiger partial charge in [0.15, 0.2) is 0 Å². The summed E-state index contributed by atoms with van der Waals surface area (Å²) in [7, 11) is -4.15. The number of ether oxygens (including phenoxy) is 2. The molecule has 0 aromatic heterocycles. The Balaban J connectivity index is 2.05. The first kappa shape index (κ1) is 25.5. The summed E-state index contributed by atoms with van der Waals surface area (Å²) in [5.74, 6) is -2.52. The smallest absolute Gasteiger partial charge is 0.296 e. The Morgan fingerprint density at radius 1 is 1.03 bits per heavy atom. The molecule has 0 spiro atoms. The maximum Gasteiger partial charge on any atom is 0.296 e. The van der Waals surface area contributed by atoms with Crippen LogP contribution in [-0.4, -0.2) is 20.9 Å². The van der Waals surface area contributed by atoms with Gasteiger partial charge < -0.3 is 20.5 Å². The molecule has 0 heterocycles. The minimum Gasteiger partial charge on any atom is -0.492 e. The van der Waals surface area contributed by atoms with Gasteiger partial charge in [-0.2, -0.15) is 8.42 Å². The van der Waals surface area contributed by atoms with Gasteiger partial charge in [-0.15, -0.1) is 0 Å². The fourth-order valence-corrected chi connectivity index (χ4v) is 3.88. The van der Waals surface area contributed by atoms with Gasteiger partial charge in [0.1, 0.15) is 34.4 Å². The van der Waals surface area contributed by atoms with E-state index in [0.717, 1.165) is 12.1 Å². The van der Waals surface area contributed by atoms with E-state index in [2.05, 4.69) is 10.0 Å². The van der Waals surface area contributed by atoms with Gasteiger partial charge in [-0.25, -0.2) is 13.9 Å². The van der Waals surface area contributed by atoms with E-state index in [1.807, 2.05) is 22.6 Å². The fourth-order valence-electron chi connectivity index (χ4n) is 2.96. The maximum atomic E-state index is 14.4. The summed E-state index contributed by atoms with van der Waals surface area (Å²) < 4.78 is 65.5. The predicted octanol–water partition coefficient (Wildman–Crippen LogP) is 4.22. The number of nitrogens with one attached hydrogen (secondary N) is 2. The molecule has 3 aromatic carbocycles. The van der Waals surface area contributed by atoms with Gasteiger partial charge in [0.25, 0.3) is 16.1 Å². The van der Waals surface area contributed by atoms with Gasteiger partial charge in [0.2, 0.25) is 0 Å². The first-order valence-electron chi connectivity index (χ1n) is 9.57. The number of rotatable bonds is 9. The van der Waals surface area contributed by atoms with Crippen LogP contribution in [0.4, 0.5) is 25.8 Å². The second kappa shape index (κ2) is 10.4. The molecule has 0 aliphatic carbocycles. The average molecular weight is 604 g/mol. The molecule has 0 unspecified atom stereocenters. The second-order valence-corrected chi connectivity index (χ2v) is 9.32. The van der Waals surface area contributed by atoms with Gasteiger partial charge in [-0.05, 0) is 65.9 Å². The number of amides is 1. The SMILES string of the molecule is CCOc1ccc(Oc2cc(F)cc(Nc3ccc(I)cc3F)c2C(N)=O)cc1NS(N)(=O)=O. The first-order valence-corrected chi connectivity index (χ1v) is 12.2. The van der Waals surface area contributed by atoms with E-state index < -0.39 is 27.8 Å². The number of carbonyl (C=O) groups excluding carboxylic acids is 1. The summed E-state index contributed by atoms with van der Waals surface area (Å²) in [5, 5.41) is 7.71. The maximum absolute atomic E-state index is 14.4. The van der Waals surface area contributed by atoms with E-state index >= 15 is 0 Å². The minimum atomic E-state index is -4.15. The highest BCUT2D eigenvalue weighted by atomic mass is 127. The Bertz CT molecular complexity index is 1360. The van der Waals surface area contributed by atoms with E-state index in [1.165, 1.54) is 30.3 Å². The molecular weight excluding hydrogens is 585 g/mol. The highest BCUT2D eigenvalue weighted by Gasteiger charge is 2.20. The molecule has 0 fully saturated rings. The third kappa shape index (κ3) is 6.45. The van der Waals surface area contributed by atoms with Crippen molar-refractivity contribution in [3.63, 3.8) is 0 Å². The highest BCUT2D eigenvalue weighted by molar-refractivity contribution is 14.1. The number of anilines is 3. The zero-order chi connectivity index (χ0) is 25.0. The highest BCUT2D eigenvalue weighted by Crippen LogP contribution is 2.37. The van der Waals surface area contributed by atoms with E-state index in [4.69, 9.17) is 20.3 Å². The van der Waals surface area contributed by atoms with Crippen LogP contribution in [0.15, 0.2) is 48.5 Å². The van der Waals surface area contributed by atoms with Crippen molar-refractivity contribution in [3.8, 4) is 17.2 Å². The summed E-state index contributed by atoms with van der Waals surface area (Å²) in [6, 6.07) is 10.2. The molecule has 180 valence electrons. The molecule has 34 heavy (non-hydrogen) atoms. The van der Waals surface area contributed by atoms with Crippen molar-refractivity contribution in [3.05, 3.63) is 69.3 Å². The van der Waals surface area contributed by atoms with E-state index in [0.29, 0.717) is 3.57 Å². The number of nitrogens with two attached hydrogens (primary N) is 2. The molecule has 3 rings (SSSR count). The largest absolute Gasteiger partial charge is 0.492 e. The van der Waals surface area contributed by atoms with Crippen molar-refractivity contribution < 1.29 is 31.5 Å². The second-order valence-electron chi connectivity index (χ2n) is 6.78. The van der Waals surface area contributed by atoms with Gasteiger partial charge in [0.05, 0.1) is 23.7 Å². The third-order valence-corrected chi connectivity index (χ3v) is 5.42. The Kier molecular flexibility index (Phi) is 7.78. The molecule has 1 amide bonds. The topological polar surface area (TPSA) is 146 Å². The first-order chi connectivity index (χ1) is 16.0. The van der Waals surface area contributed by atoms with Crippen molar-refractivity contribution in [2.45, 2.75) is 6.92 Å². The molecule has 0 aliphatic heterocycles. The van der Waals surface area contributed by atoms with Crippen molar-refractivity contribution >= 4 is 55.8 Å². The zero-order valence-electron chi connectivity index (χ0n) is 17.6. The predicted molar refractivity (Wildman–Crippen MR) is 132 cm³/mol. The number of primary amides is 1. The van der Waals surface area contributed by atoms with E-state index in [1.54, 1.807) is 13.0 Å². The summed E-state index contributed by atoms with van der Waals surface area (Å²) in [4.78, 5) is 12.2. The van der Waals surface area contributed by atoms with Gasteiger partial charge >= 0.3 is 0 Å². The Labute approximate surface area is 207 Å². The van der Waals surface area contributed by atoms with Crippen molar-refractivity contribution in [1.82, 2.24) is 0 Å².